The molecule has 1 saturated carbocycles. The van der Waals surface area contributed by atoms with Gasteiger partial charge in [-0.05, 0) is 36.8 Å². The van der Waals surface area contributed by atoms with Crippen molar-refractivity contribution in [2.45, 2.75) is 39.3 Å². The van der Waals surface area contributed by atoms with E-state index < -0.39 is 0 Å². The largest absolute Gasteiger partial charge is 0.377 e. The summed E-state index contributed by atoms with van der Waals surface area (Å²) in [6.45, 7) is 5.00. The number of hydrogen-bond acceptors (Lipinski definition) is 2. The molecule has 118 valence electrons. The van der Waals surface area contributed by atoms with Gasteiger partial charge in [0.25, 0.3) is 0 Å². The van der Waals surface area contributed by atoms with Crippen molar-refractivity contribution in [3.63, 3.8) is 0 Å². The lowest BCUT2D eigenvalue weighted by molar-refractivity contribution is 0.134. The van der Waals surface area contributed by atoms with Crippen LogP contribution in [0.2, 0.25) is 0 Å². The lowest BCUT2D eigenvalue weighted by Crippen LogP contribution is -2.37. The Morgan fingerprint density at radius 1 is 1.29 bits per heavy atom. The predicted octanol–water partition coefficient (Wildman–Crippen LogP) is 3.05. The molecule has 0 aliphatic heterocycles. The van der Waals surface area contributed by atoms with Gasteiger partial charge >= 0.3 is 0 Å². The number of aliphatic imine (C=N–C) groups is 1. The zero-order chi connectivity index (χ0) is 14.2. The highest BCUT2D eigenvalue weighted by atomic mass is 127. The first-order chi connectivity index (χ1) is 9.78. The molecule has 0 heterocycles. The molecule has 2 rings (SSSR count). The van der Waals surface area contributed by atoms with Crippen LogP contribution in [0, 0.1) is 5.92 Å². The van der Waals surface area contributed by atoms with Crippen LogP contribution in [0.5, 0.6) is 0 Å². The number of benzene rings is 1. The third-order valence-corrected chi connectivity index (χ3v) is 3.72. The third kappa shape index (κ3) is 6.65. The zero-order valence-electron chi connectivity index (χ0n) is 12.7. The second kappa shape index (κ2) is 10.00. The molecule has 1 fully saturated rings. The number of nitrogens with zero attached hydrogens (tertiary/aromatic N) is 1. The molecule has 0 bridgehead atoms. The van der Waals surface area contributed by atoms with Gasteiger partial charge in [-0.2, -0.15) is 0 Å². The van der Waals surface area contributed by atoms with E-state index in [0.29, 0.717) is 19.1 Å². The maximum absolute atomic E-state index is 5.86. The van der Waals surface area contributed by atoms with Gasteiger partial charge in [-0.1, -0.05) is 30.7 Å². The Morgan fingerprint density at radius 2 is 1.95 bits per heavy atom. The molecule has 4 nitrogen and oxygen atoms in total. The standard InChI is InChI=1S/C16H25N3O.HI/c1-2-20-12-15-8-6-14(7-9-15)11-19-16(17)18-10-13-4-3-5-13;/h6-9,13H,2-5,10-12H2,1H3,(H3,17,18,19);1H. The fraction of sp³-hybridized carbons (Fsp3) is 0.562. The van der Waals surface area contributed by atoms with Crippen LogP contribution in [0.15, 0.2) is 29.3 Å². The van der Waals surface area contributed by atoms with Crippen LogP contribution in [0.4, 0.5) is 0 Å². The van der Waals surface area contributed by atoms with Gasteiger partial charge in [-0.25, -0.2) is 4.99 Å². The molecule has 0 radical (unpaired) electrons. The number of hydrogen-bond donors (Lipinski definition) is 2. The lowest BCUT2D eigenvalue weighted by atomic mass is 9.85. The van der Waals surface area contributed by atoms with Crippen molar-refractivity contribution in [3.8, 4) is 0 Å². The van der Waals surface area contributed by atoms with E-state index in [4.69, 9.17) is 10.5 Å². The minimum Gasteiger partial charge on any atom is -0.377 e. The second-order valence-corrected chi connectivity index (χ2v) is 5.33. The molecular formula is C16H26IN3O. The van der Waals surface area contributed by atoms with E-state index in [1.807, 2.05) is 6.92 Å². The maximum Gasteiger partial charge on any atom is 0.188 e. The SMILES string of the molecule is CCOCc1ccc(CN=C(N)NCC2CCC2)cc1.I. The van der Waals surface area contributed by atoms with Gasteiger partial charge in [0.05, 0.1) is 13.2 Å². The normalized spacial score (nSPS) is 15.2. The first-order valence-corrected chi connectivity index (χ1v) is 7.47. The molecule has 1 aromatic rings. The number of nitrogens with two attached hydrogens (primary N) is 1. The molecule has 0 amide bonds. The van der Waals surface area contributed by atoms with Gasteiger partial charge in [-0.3, -0.25) is 0 Å². The van der Waals surface area contributed by atoms with Crippen LogP contribution in [0.25, 0.3) is 0 Å². The van der Waals surface area contributed by atoms with Crippen molar-refractivity contribution < 1.29 is 4.74 Å². The van der Waals surface area contributed by atoms with Gasteiger partial charge in [0.2, 0.25) is 0 Å². The second-order valence-electron chi connectivity index (χ2n) is 5.33. The topological polar surface area (TPSA) is 59.6 Å². The highest BCUT2D eigenvalue weighted by Crippen LogP contribution is 2.24. The quantitative estimate of drug-likeness (QED) is 0.418. The van der Waals surface area contributed by atoms with E-state index in [-0.39, 0.29) is 24.0 Å². The van der Waals surface area contributed by atoms with Gasteiger partial charge in [0.1, 0.15) is 0 Å². The van der Waals surface area contributed by atoms with Gasteiger partial charge in [0.15, 0.2) is 5.96 Å². The molecule has 5 heteroatoms. The first-order valence-electron chi connectivity index (χ1n) is 7.47. The molecule has 0 aromatic heterocycles. The highest BCUT2D eigenvalue weighted by Gasteiger charge is 2.16. The summed E-state index contributed by atoms with van der Waals surface area (Å²) >= 11 is 0. The van der Waals surface area contributed by atoms with E-state index in [1.165, 1.54) is 30.4 Å². The fourth-order valence-corrected chi connectivity index (χ4v) is 2.14. The summed E-state index contributed by atoms with van der Waals surface area (Å²) in [5.41, 5.74) is 8.22. The Balaban J connectivity index is 0.00000220. The van der Waals surface area contributed by atoms with Crippen LogP contribution < -0.4 is 11.1 Å². The van der Waals surface area contributed by atoms with E-state index in [1.54, 1.807) is 0 Å². The van der Waals surface area contributed by atoms with Crippen molar-refractivity contribution in [1.82, 2.24) is 5.32 Å². The lowest BCUT2D eigenvalue weighted by Gasteiger charge is -2.25. The monoisotopic (exact) mass is 403 g/mol. The molecule has 3 N–H and O–H groups in total. The van der Waals surface area contributed by atoms with E-state index in [9.17, 15) is 0 Å². The molecule has 0 unspecified atom stereocenters. The summed E-state index contributed by atoms with van der Waals surface area (Å²) in [5.74, 6) is 1.34. The van der Waals surface area contributed by atoms with Gasteiger partial charge in [0, 0.05) is 13.2 Å². The van der Waals surface area contributed by atoms with Crippen molar-refractivity contribution in [1.29, 1.82) is 0 Å². The summed E-state index contributed by atoms with van der Waals surface area (Å²) in [4.78, 5) is 4.37. The minimum atomic E-state index is 0. The Labute approximate surface area is 144 Å². The molecule has 1 aliphatic rings. The van der Waals surface area contributed by atoms with Crippen LogP contribution in [-0.2, 0) is 17.9 Å². The molecule has 1 aliphatic carbocycles. The summed E-state index contributed by atoms with van der Waals surface area (Å²) in [5, 5.41) is 3.20. The predicted molar refractivity (Wildman–Crippen MR) is 97.9 cm³/mol. The number of rotatable bonds is 7. The summed E-state index contributed by atoms with van der Waals surface area (Å²) in [6.07, 6.45) is 4.00. The Morgan fingerprint density at radius 3 is 2.52 bits per heavy atom. The molecule has 1 aromatic carbocycles. The van der Waals surface area contributed by atoms with Crippen LogP contribution in [0.1, 0.15) is 37.3 Å². The van der Waals surface area contributed by atoms with Crippen molar-refractivity contribution in [3.05, 3.63) is 35.4 Å². The highest BCUT2D eigenvalue weighted by molar-refractivity contribution is 14.0. The van der Waals surface area contributed by atoms with Crippen molar-refractivity contribution in [2.75, 3.05) is 13.2 Å². The molecule has 21 heavy (non-hydrogen) atoms. The first kappa shape index (κ1) is 18.2. The van der Waals surface area contributed by atoms with E-state index in [2.05, 4.69) is 34.6 Å². The van der Waals surface area contributed by atoms with Crippen LogP contribution in [0.3, 0.4) is 0 Å². The van der Waals surface area contributed by atoms with Gasteiger partial charge < -0.3 is 15.8 Å². The summed E-state index contributed by atoms with van der Waals surface area (Å²) in [7, 11) is 0. The molecule has 0 spiro atoms. The summed E-state index contributed by atoms with van der Waals surface area (Å²) < 4.78 is 5.37. The maximum atomic E-state index is 5.86. The van der Waals surface area contributed by atoms with Crippen LogP contribution >= 0.6 is 24.0 Å². The van der Waals surface area contributed by atoms with Gasteiger partial charge in [-0.15, -0.1) is 24.0 Å². The Hall–Kier alpha value is -0.820. The summed E-state index contributed by atoms with van der Waals surface area (Å²) in [6, 6.07) is 8.32. The van der Waals surface area contributed by atoms with E-state index in [0.717, 1.165) is 19.1 Å². The fourth-order valence-electron chi connectivity index (χ4n) is 2.14. The number of halogens is 1. The van der Waals surface area contributed by atoms with Crippen molar-refractivity contribution in [2.24, 2.45) is 16.6 Å². The average molecular weight is 403 g/mol. The molecule has 0 saturated heterocycles. The third-order valence-electron chi connectivity index (χ3n) is 3.72. The van der Waals surface area contributed by atoms with E-state index >= 15 is 0 Å². The Kier molecular flexibility index (Phi) is 8.68. The smallest absolute Gasteiger partial charge is 0.188 e. The molecule has 0 atom stereocenters. The minimum absolute atomic E-state index is 0. The number of guanidine groups is 1. The Bertz CT molecular complexity index is 430. The average Bonchev–Trinajstić information content (AvgIpc) is 2.42. The zero-order valence-corrected chi connectivity index (χ0v) is 15.0. The number of nitrogens with one attached hydrogen (secondary N) is 1. The van der Waals surface area contributed by atoms with Crippen LogP contribution in [-0.4, -0.2) is 19.1 Å². The molecular weight excluding hydrogens is 377 g/mol. The number of ether oxygens (including phenoxy) is 1. The van der Waals surface area contributed by atoms with Crippen molar-refractivity contribution >= 4 is 29.9 Å².